The molecule has 6 rings (SSSR count). The van der Waals surface area contributed by atoms with Crippen molar-refractivity contribution < 1.29 is 13.9 Å². The number of halogens is 1. The molecule has 0 bridgehead atoms. The number of hydrogen-bond acceptors (Lipinski definition) is 7. The summed E-state index contributed by atoms with van der Waals surface area (Å²) in [7, 11) is 0. The summed E-state index contributed by atoms with van der Waals surface area (Å²) < 4.78 is 14.0. The number of benzene rings is 2. The second-order valence-corrected chi connectivity index (χ2v) is 11.4. The second-order valence-electron chi connectivity index (χ2n) is 9.13. The molecule has 1 fully saturated rings. The van der Waals surface area contributed by atoms with Crippen LogP contribution in [0.3, 0.4) is 0 Å². The van der Waals surface area contributed by atoms with Crippen LogP contribution in [0.15, 0.2) is 74.5 Å². The summed E-state index contributed by atoms with van der Waals surface area (Å²) in [5.41, 5.74) is 1.93. The molecule has 10 heteroatoms. The Kier molecular flexibility index (Phi) is 7.25. The summed E-state index contributed by atoms with van der Waals surface area (Å²) in [5.74, 6) is 1.03. The lowest BCUT2D eigenvalue weighted by molar-refractivity contribution is 0.0937. The highest BCUT2D eigenvalue weighted by Crippen LogP contribution is 2.33. The molecule has 1 unspecified atom stereocenters. The Labute approximate surface area is 231 Å². The van der Waals surface area contributed by atoms with E-state index in [4.69, 9.17) is 25.7 Å². The molecule has 1 saturated heterocycles. The number of thiophene rings is 1. The first kappa shape index (κ1) is 25.2. The Balaban J connectivity index is 1.33. The fourth-order valence-electron chi connectivity index (χ4n) is 4.60. The Hall–Kier alpha value is -3.11. The standard InChI is InChI=1S/C28H24ClN3O4S2/c29-19-6-8-25-23(12-19)18(15-37-25)16-38-28-31-24-11-17(26(33)30-13-20-3-1-9-35-20)5-7-22(24)27(34)32(28)14-21-4-2-10-36-21/h1,3,5-9,11-12,15,21H,2,4,10,13-14,16H2,(H,30,33). The third-order valence-electron chi connectivity index (χ3n) is 6.57. The highest BCUT2D eigenvalue weighted by molar-refractivity contribution is 7.98. The van der Waals surface area contributed by atoms with Gasteiger partial charge in [0.25, 0.3) is 11.5 Å². The third-order valence-corrected chi connectivity index (χ3v) is 8.84. The number of carbonyl (C=O) groups is 1. The van der Waals surface area contributed by atoms with Gasteiger partial charge in [-0.25, -0.2) is 4.98 Å². The molecule has 3 aromatic heterocycles. The van der Waals surface area contributed by atoms with Crippen LogP contribution in [0, 0.1) is 0 Å². The monoisotopic (exact) mass is 565 g/mol. The number of amides is 1. The minimum absolute atomic E-state index is 0.0151. The van der Waals surface area contributed by atoms with Crippen molar-refractivity contribution in [2.24, 2.45) is 0 Å². The van der Waals surface area contributed by atoms with Gasteiger partial charge in [-0.05, 0) is 77.7 Å². The number of carbonyl (C=O) groups excluding carboxylic acids is 1. The van der Waals surface area contributed by atoms with Gasteiger partial charge < -0.3 is 14.5 Å². The van der Waals surface area contributed by atoms with Crippen LogP contribution in [-0.2, 0) is 23.6 Å². The van der Waals surface area contributed by atoms with Crippen LogP contribution >= 0.6 is 34.7 Å². The number of nitrogens with zero attached hydrogens (tertiary/aromatic N) is 2. The number of rotatable bonds is 8. The van der Waals surface area contributed by atoms with E-state index in [1.54, 1.807) is 52.5 Å². The first-order valence-corrected chi connectivity index (χ1v) is 14.5. The van der Waals surface area contributed by atoms with Crippen molar-refractivity contribution >= 4 is 61.6 Å². The Morgan fingerprint density at radius 2 is 2.13 bits per heavy atom. The topological polar surface area (TPSA) is 86.4 Å². The highest BCUT2D eigenvalue weighted by atomic mass is 35.5. The van der Waals surface area contributed by atoms with Crippen LogP contribution in [-0.4, -0.2) is 28.2 Å². The molecule has 38 heavy (non-hydrogen) atoms. The van der Waals surface area contributed by atoms with Crippen LogP contribution < -0.4 is 10.9 Å². The van der Waals surface area contributed by atoms with Crippen molar-refractivity contribution in [3.05, 3.63) is 92.4 Å². The summed E-state index contributed by atoms with van der Waals surface area (Å²) in [6, 6.07) is 14.5. The van der Waals surface area contributed by atoms with Crippen LogP contribution in [0.2, 0.25) is 5.02 Å². The van der Waals surface area contributed by atoms with Crippen molar-refractivity contribution in [3.63, 3.8) is 0 Å². The van der Waals surface area contributed by atoms with E-state index in [0.29, 0.717) is 51.3 Å². The smallest absolute Gasteiger partial charge is 0.262 e. The predicted octanol–water partition coefficient (Wildman–Crippen LogP) is 6.26. The van der Waals surface area contributed by atoms with Crippen molar-refractivity contribution in [1.82, 2.24) is 14.9 Å². The van der Waals surface area contributed by atoms with Gasteiger partial charge in [0, 0.05) is 27.6 Å². The van der Waals surface area contributed by atoms with Crippen LogP contribution in [0.1, 0.15) is 34.5 Å². The zero-order valence-corrected chi connectivity index (χ0v) is 22.7. The number of nitrogens with one attached hydrogen (secondary N) is 1. The minimum atomic E-state index is -0.260. The Morgan fingerprint density at radius 1 is 1.21 bits per heavy atom. The molecule has 0 spiro atoms. The van der Waals surface area contributed by atoms with Gasteiger partial charge in [0.05, 0.1) is 36.4 Å². The summed E-state index contributed by atoms with van der Waals surface area (Å²) >= 11 is 9.43. The first-order valence-electron chi connectivity index (χ1n) is 12.3. The van der Waals surface area contributed by atoms with E-state index in [9.17, 15) is 9.59 Å². The molecular formula is C28H24ClN3O4S2. The fraction of sp³-hybridized carbons (Fsp3) is 0.250. The molecule has 0 saturated carbocycles. The van der Waals surface area contributed by atoms with Gasteiger partial charge in [-0.15, -0.1) is 11.3 Å². The molecule has 7 nitrogen and oxygen atoms in total. The van der Waals surface area contributed by atoms with E-state index in [2.05, 4.69) is 10.7 Å². The SMILES string of the molecule is O=C(NCc1ccco1)c1ccc2c(=O)n(CC3CCCO3)c(SCc3csc4ccc(Cl)cc34)nc2c1. The van der Waals surface area contributed by atoms with Gasteiger partial charge in [-0.3, -0.25) is 14.2 Å². The lowest BCUT2D eigenvalue weighted by Crippen LogP contribution is -2.29. The maximum absolute atomic E-state index is 13.6. The average molecular weight is 566 g/mol. The van der Waals surface area contributed by atoms with Crippen LogP contribution in [0.25, 0.3) is 21.0 Å². The molecule has 194 valence electrons. The number of hydrogen-bond donors (Lipinski definition) is 1. The Morgan fingerprint density at radius 3 is 2.95 bits per heavy atom. The van der Waals surface area contributed by atoms with Gasteiger partial charge in [-0.1, -0.05) is 23.4 Å². The van der Waals surface area contributed by atoms with Crippen molar-refractivity contribution in [1.29, 1.82) is 0 Å². The van der Waals surface area contributed by atoms with Crippen molar-refractivity contribution in [2.45, 2.75) is 42.9 Å². The lowest BCUT2D eigenvalue weighted by atomic mass is 10.1. The minimum Gasteiger partial charge on any atom is -0.467 e. The molecule has 5 aromatic rings. The summed E-state index contributed by atoms with van der Waals surface area (Å²) in [4.78, 5) is 31.3. The van der Waals surface area contributed by atoms with Crippen molar-refractivity contribution in [2.75, 3.05) is 6.61 Å². The van der Waals surface area contributed by atoms with Crippen LogP contribution in [0.4, 0.5) is 0 Å². The van der Waals surface area contributed by atoms with E-state index in [-0.39, 0.29) is 24.1 Å². The molecule has 0 radical (unpaired) electrons. The summed E-state index contributed by atoms with van der Waals surface area (Å²) in [6.07, 6.45) is 3.45. The number of aromatic nitrogens is 2. The quantitative estimate of drug-likeness (QED) is 0.176. The van der Waals surface area contributed by atoms with Gasteiger partial charge >= 0.3 is 0 Å². The van der Waals surface area contributed by atoms with Gasteiger partial charge in [-0.2, -0.15) is 0 Å². The maximum Gasteiger partial charge on any atom is 0.262 e. The van der Waals surface area contributed by atoms with E-state index in [1.807, 2.05) is 18.2 Å². The largest absolute Gasteiger partial charge is 0.467 e. The molecule has 2 aromatic carbocycles. The van der Waals surface area contributed by atoms with Crippen LogP contribution in [0.5, 0.6) is 0 Å². The first-order chi connectivity index (χ1) is 18.5. The van der Waals surface area contributed by atoms with Crippen molar-refractivity contribution in [3.8, 4) is 0 Å². The average Bonchev–Trinajstić information content (AvgIpc) is 3.70. The second kappa shape index (κ2) is 10.9. The van der Waals surface area contributed by atoms with Gasteiger partial charge in [0.15, 0.2) is 5.16 Å². The number of furan rings is 1. The zero-order valence-electron chi connectivity index (χ0n) is 20.3. The Bertz CT molecular complexity index is 1670. The fourth-order valence-corrected chi connectivity index (χ4v) is 6.82. The third kappa shape index (κ3) is 5.24. The summed E-state index contributed by atoms with van der Waals surface area (Å²) in [5, 5.41) is 7.85. The molecule has 1 amide bonds. The van der Waals surface area contributed by atoms with E-state index in [0.717, 1.165) is 23.8 Å². The maximum atomic E-state index is 13.6. The summed E-state index contributed by atoms with van der Waals surface area (Å²) in [6.45, 7) is 1.44. The van der Waals surface area contributed by atoms with E-state index >= 15 is 0 Å². The molecule has 1 aliphatic heterocycles. The molecule has 1 atom stereocenters. The molecule has 4 heterocycles. The van der Waals surface area contributed by atoms with Gasteiger partial charge in [0.1, 0.15) is 5.76 Å². The number of fused-ring (bicyclic) bond motifs is 2. The zero-order chi connectivity index (χ0) is 26.1. The van der Waals surface area contributed by atoms with Gasteiger partial charge in [0.2, 0.25) is 0 Å². The highest BCUT2D eigenvalue weighted by Gasteiger charge is 2.21. The molecular weight excluding hydrogens is 542 g/mol. The molecule has 1 N–H and O–H groups in total. The normalized spacial score (nSPS) is 15.4. The lowest BCUT2D eigenvalue weighted by Gasteiger charge is -2.17. The van der Waals surface area contributed by atoms with E-state index in [1.165, 1.54) is 16.5 Å². The molecule has 1 aliphatic rings. The number of thioether (sulfide) groups is 1. The molecule has 0 aliphatic carbocycles. The number of ether oxygens (including phenoxy) is 1. The van der Waals surface area contributed by atoms with E-state index < -0.39 is 0 Å². The predicted molar refractivity (Wildman–Crippen MR) is 151 cm³/mol.